The maximum Gasteiger partial charge on any atom is 0.247 e. The Kier molecular flexibility index (Phi) is 10.7. The van der Waals surface area contributed by atoms with E-state index in [2.05, 4.69) is 26.1 Å². The molecule has 1 aliphatic rings. The average molecular weight is 470 g/mol. The molecule has 1 saturated heterocycles. The third kappa shape index (κ3) is 6.39. The van der Waals surface area contributed by atoms with Crippen LogP contribution in [0.15, 0.2) is 28.7 Å². The van der Waals surface area contributed by atoms with Gasteiger partial charge in [-0.1, -0.05) is 28.1 Å². The summed E-state index contributed by atoms with van der Waals surface area (Å²) in [7, 11) is 0. The molecule has 1 unspecified atom stereocenters. The number of carbonyl (C=O) groups is 2. The summed E-state index contributed by atoms with van der Waals surface area (Å²) >= 11 is 3.39. The van der Waals surface area contributed by atoms with Crippen LogP contribution < -0.4 is 11.1 Å². The Morgan fingerprint density at radius 1 is 1.15 bits per heavy atom. The van der Waals surface area contributed by atoms with Crippen LogP contribution in [0.4, 0.5) is 0 Å². The molecule has 9 heteroatoms. The molecule has 1 atom stereocenters. The summed E-state index contributed by atoms with van der Waals surface area (Å²) in [5.74, 6) is -0.0571. The molecule has 26 heavy (non-hydrogen) atoms. The van der Waals surface area contributed by atoms with Crippen molar-refractivity contribution in [2.24, 2.45) is 5.73 Å². The topological polar surface area (TPSA) is 78.7 Å². The summed E-state index contributed by atoms with van der Waals surface area (Å²) in [6.07, 6.45) is 0. The van der Waals surface area contributed by atoms with Crippen LogP contribution in [0, 0.1) is 0 Å². The Hall–Kier alpha value is -0.860. The zero-order valence-electron chi connectivity index (χ0n) is 15.0. The monoisotopic (exact) mass is 468 g/mol. The predicted octanol–water partition coefficient (Wildman–Crippen LogP) is 1.75. The van der Waals surface area contributed by atoms with Crippen molar-refractivity contribution < 1.29 is 9.59 Å². The quantitative estimate of drug-likeness (QED) is 0.688. The molecule has 1 fully saturated rings. The van der Waals surface area contributed by atoms with E-state index in [0.717, 1.165) is 10.0 Å². The van der Waals surface area contributed by atoms with Crippen LogP contribution >= 0.6 is 40.7 Å². The van der Waals surface area contributed by atoms with Crippen molar-refractivity contribution >= 4 is 52.6 Å². The third-order valence-electron chi connectivity index (χ3n) is 4.29. The van der Waals surface area contributed by atoms with Crippen LogP contribution in [-0.4, -0.2) is 60.9 Å². The van der Waals surface area contributed by atoms with Crippen molar-refractivity contribution in [1.29, 1.82) is 0 Å². The molecule has 1 heterocycles. The fraction of sp³-hybridized carbons (Fsp3) is 0.529. The van der Waals surface area contributed by atoms with E-state index >= 15 is 0 Å². The van der Waals surface area contributed by atoms with Crippen LogP contribution in [0.2, 0.25) is 0 Å². The summed E-state index contributed by atoms with van der Waals surface area (Å²) in [6.45, 7) is 7.19. The van der Waals surface area contributed by atoms with Crippen LogP contribution in [0.25, 0.3) is 0 Å². The van der Waals surface area contributed by atoms with Crippen molar-refractivity contribution in [3.8, 4) is 0 Å². The number of carbonyl (C=O) groups excluding carboxylic acids is 2. The van der Waals surface area contributed by atoms with Crippen molar-refractivity contribution in [1.82, 2.24) is 15.1 Å². The fourth-order valence-corrected chi connectivity index (χ4v) is 3.08. The number of nitrogens with two attached hydrogens (primary N) is 1. The van der Waals surface area contributed by atoms with E-state index in [-0.39, 0.29) is 36.6 Å². The number of hydrogen-bond acceptors (Lipinski definition) is 4. The second-order valence-corrected chi connectivity index (χ2v) is 7.15. The summed E-state index contributed by atoms with van der Waals surface area (Å²) in [5.41, 5.74) is 6.07. The molecule has 2 amide bonds. The molecule has 2 rings (SSSR count). The lowest BCUT2D eigenvalue weighted by molar-refractivity contribution is -0.138. The fourth-order valence-electron chi connectivity index (χ4n) is 2.81. The van der Waals surface area contributed by atoms with Crippen molar-refractivity contribution in [2.75, 3.05) is 39.3 Å². The summed E-state index contributed by atoms with van der Waals surface area (Å²) in [6, 6.07) is 7.51. The predicted molar refractivity (Wildman–Crippen MR) is 112 cm³/mol. The first-order valence-corrected chi connectivity index (χ1v) is 8.97. The van der Waals surface area contributed by atoms with Crippen LogP contribution in [-0.2, 0) is 15.1 Å². The number of likely N-dealkylation sites (N-methyl/N-ethyl adjacent to an activating group) is 1. The van der Waals surface area contributed by atoms with Gasteiger partial charge in [0.1, 0.15) is 5.54 Å². The maximum absolute atomic E-state index is 12.8. The molecule has 0 aromatic heterocycles. The SMILES string of the molecule is CCNC(=O)CN1CCN(C(=O)C(C)(N)c2ccc(Br)cc2)CC1.Cl.Cl. The molecule has 1 aliphatic heterocycles. The summed E-state index contributed by atoms with van der Waals surface area (Å²) in [5, 5.41) is 2.79. The Bertz CT molecular complexity index is 591. The molecule has 0 bridgehead atoms. The van der Waals surface area contributed by atoms with Crippen LogP contribution in [0.3, 0.4) is 0 Å². The number of benzene rings is 1. The van der Waals surface area contributed by atoms with Gasteiger partial charge in [-0.05, 0) is 31.5 Å². The second kappa shape index (κ2) is 11.1. The van der Waals surface area contributed by atoms with E-state index in [1.807, 2.05) is 31.2 Å². The van der Waals surface area contributed by atoms with E-state index in [9.17, 15) is 9.59 Å². The van der Waals surface area contributed by atoms with Crippen molar-refractivity contribution in [3.05, 3.63) is 34.3 Å². The van der Waals surface area contributed by atoms with Gasteiger partial charge in [0.15, 0.2) is 0 Å². The molecular formula is C17H27BrCl2N4O2. The highest BCUT2D eigenvalue weighted by Gasteiger charge is 2.35. The van der Waals surface area contributed by atoms with Gasteiger partial charge < -0.3 is 16.0 Å². The molecule has 0 saturated carbocycles. The molecule has 1 aromatic rings. The number of piperazine rings is 1. The van der Waals surface area contributed by atoms with Gasteiger partial charge in [0, 0.05) is 37.2 Å². The molecule has 6 nitrogen and oxygen atoms in total. The zero-order chi connectivity index (χ0) is 17.7. The Balaban J connectivity index is 0.00000312. The number of rotatable bonds is 5. The second-order valence-electron chi connectivity index (χ2n) is 6.23. The molecule has 0 radical (unpaired) electrons. The van der Waals surface area contributed by atoms with Crippen LogP contribution in [0.1, 0.15) is 19.4 Å². The highest BCUT2D eigenvalue weighted by Crippen LogP contribution is 2.23. The largest absolute Gasteiger partial charge is 0.355 e. The highest BCUT2D eigenvalue weighted by molar-refractivity contribution is 9.10. The van der Waals surface area contributed by atoms with Crippen molar-refractivity contribution in [3.63, 3.8) is 0 Å². The number of halogens is 3. The Labute approximate surface area is 175 Å². The molecule has 1 aromatic carbocycles. The highest BCUT2D eigenvalue weighted by atomic mass is 79.9. The van der Waals surface area contributed by atoms with Gasteiger partial charge in [-0.3, -0.25) is 14.5 Å². The number of hydrogen-bond donors (Lipinski definition) is 2. The van der Waals surface area contributed by atoms with E-state index in [4.69, 9.17) is 5.73 Å². The molecule has 148 valence electrons. The zero-order valence-corrected chi connectivity index (χ0v) is 18.3. The van der Waals surface area contributed by atoms with E-state index in [0.29, 0.717) is 39.3 Å². The van der Waals surface area contributed by atoms with E-state index < -0.39 is 5.54 Å². The smallest absolute Gasteiger partial charge is 0.247 e. The lowest BCUT2D eigenvalue weighted by atomic mass is 9.91. The minimum absolute atomic E-state index is 0. The number of amides is 2. The molecule has 0 aliphatic carbocycles. The minimum atomic E-state index is -1.05. The minimum Gasteiger partial charge on any atom is -0.355 e. The van der Waals surface area contributed by atoms with Gasteiger partial charge in [0.05, 0.1) is 6.54 Å². The van der Waals surface area contributed by atoms with E-state index in [1.54, 1.807) is 11.8 Å². The molecule has 3 N–H and O–H groups in total. The van der Waals surface area contributed by atoms with E-state index in [1.165, 1.54) is 0 Å². The lowest BCUT2D eigenvalue weighted by Crippen LogP contribution is -2.57. The van der Waals surface area contributed by atoms with Gasteiger partial charge in [-0.15, -0.1) is 24.8 Å². The van der Waals surface area contributed by atoms with Gasteiger partial charge in [0.2, 0.25) is 11.8 Å². The standard InChI is InChI=1S/C17H25BrN4O2.2ClH/c1-3-20-15(23)12-21-8-10-22(11-9-21)16(24)17(2,19)13-4-6-14(18)7-5-13;;/h4-7H,3,8-12,19H2,1-2H3,(H,20,23);2*1H. The van der Waals surface area contributed by atoms with Gasteiger partial charge in [0.25, 0.3) is 0 Å². The van der Waals surface area contributed by atoms with Gasteiger partial charge >= 0.3 is 0 Å². The lowest BCUT2D eigenvalue weighted by Gasteiger charge is -2.38. The van der Waals surface area contributed by atoms with Gasteiger partial charge in [-0.2, -0.15) is 0 Å². The third-order valence-corrected chi connectivity index (χ3v) is 4.82. The number of nitrogens with one attached hydrogen (secondary N) is 1. The van der Waals surface area contributed by atoms with Crippen molar-refractivity contribution in [2.45, 2.75) is 19.4 Å². The first-order chi connectivity index (χ1) is 11.3. The summed E-state index contributed by atoms with van der Waals surface area (Å²) < 4.78 is 0.952. The number of nitrogens with zero attached hydrogens (tertiary/aromatic N) is 2. The van der Waals surface area contributed by atoms with Gasteiger partial charge in [-0.25, -0.2) is 0 Å². The Morgan fingerprint density at radius 2 is 1.69 bits per heavy atom. The van der Waals surface area contributed by atoms with Crippen LogP contribution in [0.5, 0.6) is 0 Å². The average Bonchev–Trinajstić information content (AvgIpc) is 2.55. The summed E-state index contributed by atoms with van der Waals surface area (Å²) in [4.78, 5) is 28.3. The molecule has 0 spiro atoms. The first kappa shape index (κ1) is 25.1. The molecular weight excluding hydrogens is 443 g/mol. The maximum atomic E-state index is 12.8. The Morgan fingerprint density at radius 3 is 2.19 bits per heavy atom. The normalized spacial score (nSPS) is 16.7. The first-order valence-electron chi connectivity index (χ1n) is 8.18.